The van der Waals surface area contributed by atoms with Gasteiger partial charge in [0.1, 0.15) is 12.4 Å². The van der Waals surface area contributed by atoms with Gasteiger partial charge in [0, 0.05) is 6.07 Å². The Morgan fingerprint density at radius 3 is 2.63 bits per heavy atom. The lowest BCUT2D eigenvalue weighted by atomic mass is 10.2. The van der Waals surface area contributed by atoms with Crippen molar-refractivity contribution in [2.45, 2.75) is 39.8 Å². The molecule has 3 heteroatoms. The second-order valence-electron chi connectivity index (χ2n) is 5.26. The summed E-state index contributed by atoms with van der Waals surface area (Å²) in [5, 5.41) is 0. The first kappa shape index (κ1) is 13.5. The Kier molecular flexibility index (Phi) is 3.80. The zero-order chi connectivity index (χ0) is 14.0. The van der Waals surface area contributed by atoms with E-state index in [9.17, 15) is 0 Å². The van der Waals surface area contributed by atoms with Crippen LogP contribution in [0.3, 0.4) is 0 Å². The fourth-order valence-corrected chi connectivity index (χ4v) is 2.22. The maximum atomic E-state index is 5.51. The molecular weight excluding hydrogens is 236 g/mol. The quantitative estimate of drug-likeness (QED) is 0.608. The Morgan fingerprint density at radius 1 is 1.32 bits per heavy atom. The number of hydrogen-bond donors (Lipinski definition) is 0. The van der Waals surface area contributed by atoms with E-state index in [-0.39, 0.29) is 0 Å². The van der Waals surface area contributed by atoms with Crippen molar-refractivity contribution >= 4 is 11.0 Å². The van der Waals surface area contributed by atoms with Crippen molar-refractivity contribution in [3.8, 4) is 18.1 Å². The van der Waals surface area contributed by atoms with Gasteiger partial charge < -0.3 is 4.74 Å². The van der Waals surface area contributed by atoms with Gasteiger partial charge in [-0.3, -0.25) is 0 Å². The minimum Gasteiger partial charge on any atom is -0.481 e. The molecule has 0 amide bonds. The molecule has 0 N–H and O–H groups in total. The molecule has 0 bridgehead atoms. The Bertz CT molecular complexity index is 617. The lowest BCUT2D eigenvalue weighted by molar-refractivity contribution is -0.692. The minimum absolute atomic E-state index is 0.304. The maximum absolute atomic E-state index is 5.51. The van der Waals surface area contributed by atoms with Crippen LogP contribution in [0.5, 0.6) is 5.75 Å². The Morgan fingerprint density at radius 2 is 2.05 bits per heavy atom. The molecule has 1 heterocycles. The van der Waals surface area contributed by atoms with Crippen molar-refractivity contribution in [3.63, 3.8) is 0 Å². The third-order valence-electron chi connectivity index (χ3n) is 3.19. The van der Waals surface area contributed by atoms with Crippen LogP contribution < -0.4 is 9.30 Å². The third kappa shape index (κ3) is 2.58. The van der Waals surface area contributed by atoms with Crippen LogP contribution in [0.25, 0.3) is 11.0 Å². The topological polar surface area (TPSA) is 18.0 Å². The van der Waals surface area contributed by atoms with Gasteiger partial charge in [0.15, 0.2) is 11.0 Å². The molecule has 1 aromatic carbocycles. The van der Waals surface area contributed by atoms with Gasteiger partial charge in [-0.2, -0.15) is 0 Å². The molecule has 1 aromatic heterocycles. The third-order valence-corrected chi connectivity index (χ3v) is 3.19. The predicted molar refractivity (Wildman–Crippen MR) is 77.2 cm³/mol. The minimum atomic E-state index is 0.304. The molecule has 0 spiro atoms. The van der Waals surface area contributed by atoms with Gasteiger partial charge in [-0.15, -0.1) is 6.42 Å². The largest absolute Gasteiger partial charge is 0.481 e. The van der Waals surface area contributed by atoms with Crippen LogP contribution >= 0.6 is 0 Å². The summed E-state index contributed by atoms with van der Waals surface area (Å²) in [5.41, 5.74) is 2.40. The molecule has 0 saturated heterocycles. The molecule has 0 aliphatic carbocycles. The van der Waals surface area contributed by atoms with Crippen molar-refractivity contribution in [3.05, 3.63) is 24.5 Å². The molecule has 100 valence electrons. The van der Waals surface area contributed by atoms with E-state index in [4.69, 9.17) is 11.2 Å². The van der Waals surface area contributed by atoms with E-state index >= 15 is 0 Å². The van der Waals surface area contributed by atoms with Crippen molar-refractivity contribution in [1.29, 1.82) is 0 Å². The maximum Gasteiger partial charge on any atom is 0.245 e. The number of imidazole rings is 1. The summed E-state index contributed by atoms with van der Waals surface area (Å²) in [5.74, 6) is 3.31. The number of hydrogen-bond acceptors (Lipinski definition) is 1. The van der Waals surface area contributed by atoms with Gasteiger partial charge in [0.05, 0.1) is 12.1 Å². The first-order valence-electron chi connectivity index (χ1n) is 6.66. The van der Waals surface area contributed by atoms with Crippen molar-refractivity contribution in [2.24, 2.45) is 0 Å². The summed E-state index contributed by atoms with van der Waals surface area (Å²) in [6.45, 7) is 9.04. The second kappa shape index (κ2) is 5.36. The van der Waals surface area contributed by atoms with Crippen LogP contribution in [0.15, 0.2) is 24.5 Å². The van der Waals surface area contributed by atoms with E-state index in [0.29, 0.717) is 18.7 Å². The fourth-order valence-electron chi connectivity index (χ4n) is 2.22. The van der Waals surface area contributed by atoms with Crippen LogP contribution in [-0.4, -0.2) is 11.2 Å². The highest BCUT2D eigenvalue weighted by Crippen LogP contribution is 2.23. The number of nitrogens with zero attached hydrogens (tertiary/aromatic N) is 2. The summed E-state index contributed by atoms with van der Waals surface area (Å²) in [6.07, 6.45) is 7.40. The standard InChI is InChI=1S/C16H21N2O/c1-6-9-19-14-7-8-15-16(10-14)18(13(4)5)11-17(15)12(2)3/h1,7-8,10-13H,9H2,2-5H3/q+1. The molecule has 0 unspecified atom stereocenters. The van der Waals surface area contributed by atoms with Gasteiger partial charge in [-0.1, -0.05) is 5.92 Å². The summed E-state index contributed by atoms with van der Waals surface area (Å²) in [4.78, 5) is 0. The van der Waals surface area contributed by atoms with E-state index in [2.05, 4.69) is 61.2 Å². The average Bonchev–Trinajstić information content (AvgIpc) is 2.75. The summed E-state index contributed by atoms with van der Waals surface area (Å²) in [7, 11) is 0. The van der Waals surface area contributed by atoms with Crippen LogP contribution in [-0.2, 0) is 0 Å². The summed E-state index contributed by atoms with van der Waals surface area (Å²) >= 11 is 0. The zero-order valence-electron chi connectivity index (χ0n) is 12.1. The monoisotopic (exact) mass is 257 g/mol. The summed E-state index contributed by atoms with van der Waals surface area (Å²) < 4.78 is 10.0. The van der Waals surface area contributed by atoms with Crippen LogP contribution in [0.2, 0.25) is 0 Å². The second-order valence-corrected chi connectivity index (χ2v) is 5.26. The molecule has 0 aliphatic heterocycles. The highest BCUT2D eigenvalue weighted by Gasteiger charge is 2.20. The number of fused-ring (bicyclic) bond motifs is 1. The van der Waals surface area contributed by atoms with Crippen molar-refractivity contribution in [1.82, 2.24) is 4.57 Å². The van der Waals surface area contributed by atoms with Gasteiger partial charge >= 0.3 is 0 Å². The molecule has 0 fully saturated rings. The molecule has 0 radical (unpaired) electrons. The van der Waals surface area contributed by atoms with E-state index in [1.54, 1.807) is 0 Å². The number of aromatic nitrogens is 2. The molecule has 2 rings (SSSR count). The highest BCUT2D eigenvalue weighted by atomic mass is 16.5. The van der Waals surface area contributed by atoms with Gasteiger partial charge in [0.25, 0.3) is 0 Å². The fraction of sp³-hybridized carbons (Fsp3) is 0.438. The van der Waals surface area contributed by atoms with Crippen LogP contribution in [0, 0.1) is 12.3 Å². The molecule has 19 heavy (non-hydrogen) atoms. The van der Waals surface area contributed by atoms with Crippen molar-refractivity contribution < 1.29 is 9.30 Å². The van der Waals surface area contributed by atoms with Crippen molar-refractivity contribution in [2.75, 3.05) is 6.61 Å². The highest BCUT2D eigenvalue weighted by molar-refractivity contribution is 5.74. The Labute approximate surface area is 114 Å². The number of terminal acetylenes is 1. The van der Waals surface area contributed by atoms with E-state index < -0.39 is 0 Å². The predicted octanol–water partition coefficient (Wildman–Crippen LogP) is 3.10. The molecular formula is C16H21N2O+. The Hall–Kier alpha value is -1.95. The molecule has 0 atom stereocenters. The molecule has 3 nitrogen and oxygen atoms in total. The summed E-state index contributed by atoms with van der Waals surface area (Å²) in [6, 6.07) is 6.97. The number of ether oxygens (including phenoxy) is 1. The lowest BCUT2D eigenvalue weighted by Crippen LogP contribution is -2.34. The number of rotatable bonds is 4. The zero-order valence-corrected chi connectivity index (χ0v) is 12.1. The van der Waals surface area contributed by atoms with E-state index in [1.807, 2.05) is 6.07 Å². The normalized spacial score (nSPS) is 11.2. The van der Waals surface area contributed by atoms with Gasteiger partial charge in [0.2, 0.25) is 6.33 Å². The van der Waals surface area contributed by atoms with Crippen LogP contribution in [0.4, 0.5) is 0 Å². The van der Waals surface area contributed by atoms with Crippen LogP contribution in [0.1, 0.15) is 39.8 Å². The molecule has 0 saturated carbocycles. The number of benzene rings is 1. The van der Waals surface area contributed by atoms with E-state index in [1.165, 1.54) is 11.0 Å². The average molecular weight is 257 g/mol. The Balaban J connectivity index is 2.56. The van der Waals surface area contributed by atoms with Gasteiger partial charge in [-0.25, -0.2) is 9.13 Å². The lowest BCUT2D eigenvalue weighted by Gasteiger charge is -2.03. The first-order chi connectivity index (χ1) is 9.04. The molecule has 0 aliphatic rings. The SMILES string of the molecule is C#CCOc1ccc2c(c1)n(C(C)C)c[n+]2C(C)C. The first-order valence-corrected chi connectivity index (χ1v) is 6.66. The smallest absolute Gasteiger partial charge is 0.245 e. The molecule has 2 aromatic rings. The van der Waals surface area contributed by atoms with Gasteiger partial charge in [-0.05, 0) is 39.8 Å². The van der Waals surface area contributed by atoms with E-state index in [0.717, 1.165) is 5.75 Å².